The van der Waals surface area contributed by atoms with E-state index in [1.54, 1.807) is 0 Å². The normalized spacial score (nSPS) is 15.4. The summed E-state index contributed by atoms with van der Waals surface area (Å²) in [5, 5.41) is 5.15. The first-order valence-electron chi connectivity index (χ1n) is 9.15. The molecule has 2 aromatic carbocycles. The van der Waals surface area contributed by atoms with Crippen LogP contribution in [0.2, 0.25) is 0 Å². The fourth-order valence-electron chi connectivity index (χ4n) is 3.99. The number of nitrogens with one attached hydrogen (secondary N) is 1. The van der Waals surface area contributed by atoms with Gasteiger partial charge in [0.25, 0.3) is 0 Å². The molecular formula is C22H26N2. The predicted molar refractivity (Wildman–Crippen MR) is 101 cm³/mol. The number of fused-ring (bicyclic) bond motifs is 1. The number of aryl methyl sites for hydroxylation is 1. The summed E-state index contributed by atoms with van der Waals surface area (Å²) in [6.45, 7) is 4.08. The van der Waals surface area contributed by atoms with E-state index in [2.05, 4.69) is 71.5 Å². The summed E-state index contributed by atoms with van der Waals surface area (Å²) in [6.07, 6.45) is 7.78. The zero-order valence-corrected chi connectivity index (χ0v) is 14.5. The highest BCUT2D eigenvalue weighted by Gasteiger charge is 2.15. The first kappa shape index (κ1) is 15.5. The van der Waals surface area contributed by atoms with Gasteiger partial charge in [-0.05, 0) is 37.0 Å². The Labute approximate surface area is 144 Å². The van der Waals surface area contributed by atoms with Crippen LogP contribution in [-0.2, 0) is 13.1 Å². The lowest BCUT2D eigenvalue weighted by molar-refractivity contribution is 0.525. The minimum atomic E-state index is 0.712. The Hall–Kier alpha value is -2.06. The molecule has 2 heteroatoms. The fourth-order valence-corrected chi connectivity index (χ4v) is 3.99. The molecule has 2 nitrogen and oxygen atoms in total. The molecule has 0 saturated heterocycles. The topological polar surface area (TPSA) is 17.0 Å². The van der Waals surface area contributed by atoms with E-state index in [0.717, 1.165) is 13.1 Å². The lowest BCUT2D eigenvalue weighted by atomic mass is 10.1. The summed E-state index contributed by atoms with van der Waals surface area (Å²) < 4.78 is 2.40. The zero-order chi connectivity index (χ0) is 16.4. The van der Waals surface area contributed by atoms with Crippen molar-refractivity contribution in [2.24, 2.45) is 0 Å². The van der Waals surface area contributed by atoms with Crippen molar-refractivity contribution in [2.75, 3.05) is 0 Å². The molecule has 1 saturated carbocycles. The van der Waals surface area contributed by atoms with Crippen molar-refractivity contribution in [3.63, 3.8) is 0 Å². The maximum atomic E-state index is 3.76. The van der Waals surface area contributed by atoms with E-state index in [9.17, 15) is 0 Å². The minimum Gasteiger partial charge on any atom is -0.343 e. The molecule has 0 spiro atoms. The van der Waals surface area contributed by atoms with Crippen LogP contribution in [0.1, 0.15) is 42.4 Å². The molecule has 0 aliphatic heterocycles. The highest BCUT2D eigenvalue weighted by molar-refractivity contribution is 5.84. The standard InChI is InChI=1S/C22H26N2/c1-17-7-6-8-18(13-17)15-24-16-19(14-23-20-9-2-3-10-20)21-11-4-5-12-22(21)24/h4-8,11-13,16,20,23H,2-3,9-10,14-15H2,1H3. The molecule has 24 heavy (non-hydrogen) atoms. The lowest BCUT2D eigenvalue weighted by Crippen LogP contribution is -2.25. The van der Waals surface area contributed by atoms with Crippen molar-refractivity contribution >= 4 is 10.9 Å². The quantitative estimate of drug-likeness (QED) is 0.698. The van der Waals surface area contributed by atoms with Gasteiger partial charge in [0.2, 0.25) is 0 Å². The van der Waals surface area contributed by atoms with E-state index in [-0.39, 0.29) is 0 Å². The Morgan fingerprint density at radius 3 is 2.71 bits per heavy atom. The summed E-state index contributed by atoms with van der Waals surface area (Å²) in [5.74, 6) is 0. The Morgan fingerprint density at radius 2 is 1.88 bits per heavy atom. The van der Waals surface area contributed by atoms with Crippen molar-refractivity contribution in [3.05, 3.63) is 71.4 Å². The fraction of sp³-hybridized carbons (Fsp3) is 0.364. The number of hydrogen-bond acceptors (Lipinski definition) is 1. The smallest absolute Gasteiger partial charge is 0.0486 e. The second-order valence-corrected chi connectivity index (χ2v) is 7.15. The van der Waals surface area contributed by atoms with Crippen LogP contribution >= 0.6 is 0 Å². The van der Waals surface area contributed by atoms with Gasteiger partial charge < -0.3 is 9.88 Å². The van der Waals surface area contributed by atoms with Crippen LogP contribution in [0.25, 0.3) is 10.9 Å². The van der Waals surface area contributed by atoms with Gasteiger partial charge in [0.1, 0.15) is 0 Å². The van der Waals surface area contributed by atoms with Gasteiger partial charge in [0, 0.05) is 36.2 Å². The van der Waals surface area contributed by atoms with Crippen molar-refractivity contribution in [1.82, 2.24) is 9.88 Å². The van der Waals surface area contributed by atoms with Crippen LogP contribution in [0.15, 0.2) is 54.7 Å². The molecule has 1 fully saturated rings. The number of nitrogens with zero attached hydrogens (tertiary/aromatic N) is 1. The number of benzene rings is 2. The molecule has 124 valence electrons. The van der Waals surface area contributed by atoms with Crippen LogP contribution in [0.3, 0.4) is 0 Å². The monoisotopic (exact) mass is 318 g/mol. The van der Waals surface area contributed by atoms with Crippen molar-refractivity contribution < 1.29 is 0 Å². The van der Waals surface area contributed by atoms with Gasteiger partial charge in [-0.1, -0.05) is 60.9 Å². The zero-order valence-electron chi connectivity index (χ0n) is 14.5. The number of rotatable bonds is 5. The summed E-state index contributed by atoms with van der Waals surface area (Å²) in [7, 11) is 0. The number of para-hydroxylation sites is 1. The second kappa shape index (κ2) is 6.82. The van der Waals surface area contributed by atoms with E-state index < -0.39 is 0 Å². The van der Waals surface area contributed by atoms with E-state index in [4.69, 9.17) is 0 Å². The first-order chi connectivity index (χ1) is 11.8. The molecule has 4 rings (SSSR count). The molecule has 0 radical (unpaired) electrons. The van der Waals surface area contributed by atoms with Crippen LogP contribution in [0.4, 0.5) is 0 Å². The van der Waals surface area contributed by atoms with E-state index in [1.807, 2.05) is 0 Å². The lowest BCUT2D eigenvalue weighted by Gasteiger charge is -2.10. The van der Waals surface area contributed by atoms with Crippen LogP contribution < -0.4 is 5.32 Å². The highest BCUT2D eigenvalue weighted by Crippen LogP contribution is 2.24. The Balaban J connectivity index is 1.60. The molecule has 3 aromatic rings. The molecule has 1 aromatic heterocycles. The van der Waals surface area contributed by atoms with E-state index >= 15 is 0 Å². The summed E-state index contributed by atoms with van der Waals surface area (Å²) in [6, 6.07) is 18.3. The van der Waals surface area contributed by atoms with Crippen LogP contribution in [0.5, 0.6) is 0 Å². The SMILES string of the molecule is Cc1cccc(Cn2cc(CNC3CCCC3)c3ccccc32)c1. The van der Waals surface area contributed by atoms with Gasteiger partial charge in [-0.25, -0.2) is 0 Å². The van der Waals surface area contributed by atoms with Gasteiger partial charge in [0.15, 0.2) is 0 Å². The van der Waals surface area contributed by atoms with Crippen molar-refractivity contribution in [3.8, 4) is 0 Å². The van der Waals surface area contributed by atoms with Crippen LogP contribution in [-0.4, -0.2) is 10.6 Å². The van der Waals surface area contributed by atoms with Gasteiger partial charge in [-0.3, -0.25) is 0 Å². The van der Waals surface area contributed by atoms with E-state index in [1.165, 1.54) is 53.3 Å². The molecule has 1 aliphatic rings. The molecule has 0 bridgehead atoms. The third kappa shape index (κ3) is 3.25. The second-order valence-electron chi connectivity index (χ2n) is 7.15. The third-order valence-electron chi connectivity index (χ3n) is 5.24. The Morgan fingerprint density at radius 1 is 1.04 bits per heavy atom. The average Bonchev–Trinajstić information content (AvgIpc) is 3.22. The molecular weight excluding hydrogens is 292 g/mol. The third-order valence-corrected chi connectivity index (χ3v) is 5.24. The first-order valence-corrected chi connectivity index (χ1v) is 9.15. The van der Waals surface area contributed by atoms with Crippen LogP contribution in [0, 0.1) is 6.92 Å². The molecule has 1 heterocycles. The van der Waals surface area contributed by atoms with Gasteiger partial charge in [-0.2, -0.15) is 0 Å². The van der Waals surface area contributed by atoms with Crippen molar-refractivity contribution in [1.29, 1.82) is 0 Å². The molecule has 0 amide bonds. The van der Waals surface area contributed by atoms with Crippen molar-refractivity contribution in [2.45, 2.75) is 51.7 Å². The highest BCUT2D eigenvalue weighted by atomic mass is 15.0. The van der Waals surface area contributed by atoms with Gasteiger partial charge >= 0.3 is 0 Å². The maximum absolute atomic E-state index is 3.76. The largest absolute Gasteiger partial charge is 0.343 e. The summed E-state index contributed by atoms with van der Waals surface area (Å²) in [4.78, 5) is 0. The summed E-state index contributed by atoms with van der Waals surface area (Å²) >= 11 is 0. The average molecular weight is 318 g/mol. The Bertz CT molecular complexity index is 825. The summed E-state index contributed by atoms with van der Waals surface area (Å²) in [5.41, 5.74) is 5.45. The molecule has 1 N–H and O–H groups in total. The number of hydrogen-bond donors (Lipinski definition) is 1. The van der Waals surface area contributed by atoms with Gasteiger partial charge in [-0.15, -0.1) is 0 Å². The molecule has 0 unspecified atom stereocenters. The Kier molecular flexibility index (Phi) is 4.40. The van der Waals surface area contributed by atoms with Gasteiger partial charge in [0.05, 0.1) is 0 Å². The predicted octanol–water partition coefficient (Wildman–Crippen LogP) is 5.03. The minimum absolute atomic E-state index is 0.712. The van der Waals surface area contributed by atoms with E-state index in [0.29, 0.717) is 6.04 Å². The molecule has 0 atom stereocenters. The maximum Gasteiger partial charge on any atom is 0.0486 e. The number of aromatic nitrogens is 1. The molecule has 1 aliphatic carbocycles.